The van der Waals surface area contributed by atoms with Gasteiger partial charge in [0.15, 0.2) is 11.0 Å². The topological polar surface area (TPSA) is 51.0 Å². The maximum absolute atomic E-state index is 13.0. The van der Waals surface area contributed by atoms with Gasteiger partial charge in [-0.15, -0.1) is 10.2 Å². The molecular formula is C24H24Cl2N4OS. The predicted octanol–water partition coefficient (Wildman–Crippen LogP) is 6.44. The molecule has 166 valence electrons. The summed E-state index contributed by atoms with van der Waals surface area (Å²) < 4.78 is 2.20. The average Bonchev–Trinajstić information content (AvgIpc) is 3.42. The van der Waals surface area contributed by atoms with E-state index in [1.54, 1.807) is 6.07 Å². The maximum Gasteiger partial charge on any atom is 0.237 e. The molecule has 0 bridgehead atoms. The van der Waals surface area contributed by atoms with E-state index in [9.17, 15) is 4.79 Å². The number of amides is 1. The Bertz CT molecular complexity index is 1140. The zero-order valence-corrected chi connectivity index (χ0v) is 20.0. The van der Waals surface area contributed by atoms with Gasteiger partial charge in [-0.3, -0.25) is 9.36 Å². The van der Waals surface area contributed by atoms with Crippen molar-refractivity contribution in [3.63, 3.8) is 0 Å². The van der Waals surface area contributed by atoms with Crippen LogP contribution in [0, 0.1) is 0 Å². The van der Waals surface area contributed by atoms with E-state index in [4.69, 9.17) is 23.2 Å². The van der Waals surface area contributed by atoms with Gasteiger partial charge in [0.1, 0.15) is 0 Å². The highest BCUT2D eigenvalue weighted by Gasteiger charge is 2.28. The highest BCUT2D eigenvalue weighted by Crippen LogP contribution is 2.38. The first-order chi connectivity index (χ1) is 15.6. The average molecular weight is 487 g/mol. The summed E-state index contributed by atoms with van der Waals surface area (Å²) in [6, 6.07) is 13.9. The molecule has 1 amide bonds. The van der Waals surface area contributed by atoms with Gasteiger partial charge in [-0.05, 0) is 49.1 Å². The second-order valence-electron chi connectivity index (χ2n) is 8.30. The number of carbonyl (C=O) groups excluding carboxylic acids is 1. The van der Waals surface area contributed by atoms with Crippen LogP contribution in [0.1, 0.15) is 43.7 Å². The lowest BCUT2D eigenvalue weighted by molar-refractivity contribution is -0.116. The number of hydrogen-bond donors (Lipinski definition) is 0. The molecule has 0 spiro atoms. The summed E-state index contributed by atoms with van der Waals surface area (Å²) in [6.07, 6.45) is 6.69. The highest BCUT2D eigenvalue weighted by atomic mass is 35.5. The Morgan fingerprint density at radius 1 is 1.06 bits per heavy atom. The van der Waals surface area contributed by atoms with E-state index in [-0.39, 0.29) is 5.91 Å². The Morgan fingerprint density at radius 3 is 2.69 bits per heavy atom. The molecule has 2 aromatic carbocycles. The van der Waals surface area contributed by atoms with E-state index in [1.165, 1.54) is 36.6 Å². The Morgan fingerprint density at radius 2 is 1.88 bits per heavy atom. The maximum atomic E-state index is 13.0. The molecule has 1 aliphatic carbocycles. The fourth-order valence-electron chi connectivity index (χ4n) is 4.70. The fourth-order valence-corrected chi connectivity index (χ4v) is 6.07. The van der Waals surface area contributed by atoms with Crippen molar-refractivity contribution in [2.75, 3.05) is 17.2 Å². The van der Waals surface area contributed by atoms with Crippen LogP contribution in [0.2, 0.25) is 10.0 Å². The van der Waals surface area contributed by atoms with Crippen LogP contribution in [-0.4, -0.2) is 33.0 Å². The Balaban J connectivity index is 1.41. The molecule has 0 N–H and O–H groups in total. The number of aromatic nitrogens is 3. The third kappa shape index (κ3) is 4.28. The van der Waals surface area contributed by atoms with Crippen LogP contribution < -0.4 is 4.90 Å². The lowest BCUT2D eigenvalue weighted by Gasteiger charge is -2.26. The number of fused-ring (bicyclic) bond motifs is 1. The second-order valence-corrected chi connectivity index (χ2v) is 10.1. The molecule has 1 fully saturated rings. The highest BCUT2D eigenvalue weighted by molar-refractivity contribution is 7.99. The first kappa shape index (κ1) is 21.8. The largest absolute Gasteiger partial charge is 0.311 e. The minimum absolute atomic E-state index is 0.101. The first-order valence-corrected chi connectivity index (χ1v) is 12.8. The van der Waals surface area contributed by atoms with E-state index in [0.29, 0.717) is 21.8 Å². The minimum atomic E-state index is 0.101. The molecule has 1 aliphatic heterocycles. The van der Waals surface area contributed by atoms with Crippen molar-refractivity contribution in [1.29, 1.82) is 0 Å². The van der Waals surface area contributed by atoms with Crippen molar-refractivity contribution in [2.24, 2.45) is 0 Å². The molecular weight excluding hydrogens is 463 g/mol. The summed E-state index contributed by atoms with van der Waals surface area (Å²) in [7, 11) is 0. The molecule has 1 aromatic heterocycles. The molecule has 2 aliphatic rings. The van der Waals surface area contributed by atoms with E-state index in [1.807, 2.05) is 35.2 Å². The first-order valence-electron chi connectivity index (χ1n) is 11.0. The van der Waals surface area contributed by atoms with Gasteiger partial charge in [-0.1, -0.05) is 72.4 Å². The summed E-state index contributed by atoms with van der Waals surface area (Å²) in [5.74, 6) is 1.18. The van der Waals surface area contributed by atoms with E-state index >= 15 is 0 Å². The number of benzene rings is 2. The standard InChI is InChI=1S/C24H24Cl2N4OS/c25-17-10-11-19(20(26)14-17)23-27-28-24(30(23)18-7-2-1-3-8-18)32-15-22(31)29-13-12-16-6-4-5-9-21(16)29/h4-6,9-11,14,18H,1-3,7-8,12-13,15H2. The number of anilines is 1. The van der Waals surface area contributed by atoms with Crippen LogP contribution in [0.15, 0.2) is 47.6 Å². The summed E-state index contributed by atoms with van der Waals surface area (Å²) in [5.41, 5.74) is 3.08. The van der Waals surface area contributed by atoms with E-state index in [2.05, 4.69) is 20.8 Å². The SMILES string of the molecule is O=C(CSc1nnc(-c2ccc(Cl)cc2Cl)n1C1CCCCC1)N1CCc2ccccc21. The van der Waals surface area contributed by atoms with Gasteiger partial charge in [-0.2, -0.15) is 0 Å². The van der Waals surface area contributed by atoms with E-state index < -0.39 is 0 Å². The number of carbonyl (C=O) groups is 1. The van der Waals surface area contributed by atoms with Gasteiger partial charge in [0, 0.05) is 28.9 Å². The second kappa shape index (κ2) is 9.46. The number of rotatable bonds is 5. The number of para-hydroxylation sites is 1. The van der Waals surface area contributed by atoms with Gasteiger partial charge >= 0.3 is 0 Å². The Hall–Kier alpha value is -2.02. The minimum Gasteiger partial charge on any atom is -0.311 e. The van der Waals surface area contributed by atoms with Crippen molar-refractivity contribution in [2.45, 2.75) is 49.7 Å². The van der Waals surface area contributed by atoms with Crippen LogP contribution >= 0.6 is 35.0 Å². The van der Waals surface area contributed by atoms with Gasteiger partial charge in [0.25, 0.3) is 0 Å². The molecule has 5 rings (SSSR count). The molecule has 3 aromatic rings. The van der Waals surface area contributed by atoms with Crippen LogP contribution in [0.25, 0.3) is 11.4 Å². The molecule has 0 radical (unpaired) electrons. The van der Waals surface area contributed by atoms with E-state index in [0.717, 1.165) is 48.0 Å². The molecule has 2 heterocycles. The smallest absolute Gasteiger partial charge is 0.237 e. The third-order valence-electron chi connectivity index (χ3n) is 6.29. The summed E-state index contributed by atoms with van der Waals surface area (Å²) in [5, 5.41) is 10.9. The number of hydrogen-bond acceptors (Lipinski definition) is 4. The van der Waals surface area contributed by atoms with Crippen molar-refractivity contribution < 1.29 is 4.79 Å². The van der Waals surface area contributed by atoms with Gasteiger partial charge in [-0.25, -0.2) is 0 Å². The predicted molar refractivity (Wildman–Crippen MR) is 131 cm³/mol. The van der Waals surface area contributed by atoms with Crippen molar-refractivity contribution >= 4 is 46.6 Å². The fraction of sp³-hybridized carbons (Fsp3) is 0.375. The monoisotopic (exact) mass is 486 g/mol. The van der Waals surface area contributed by atoms with Gasteiger partial charge in [0.05, 0.1) is 10.8 Å². The number of nitrogens with zero attached hydrogens (tertiary/aromatic N) is 4. The third-order valence-corrected chi connectivity index (χ3v) is 7.77. The molecule has 0 atom stereocenters. The zero-order valence-electron chi connectivity index (χ0n) is 17.6. The van der Waals surface area contributed by atoms with Gasteiger partial charge < -0.3 is 4.90 Å². The van der Waals surface area contributed by atoms with Crippen LogP contribution in [-0.2, 0) is 11.2 Å². The molecule has 8 heteroatoms. The normalized spacial score (nSPS) is 16.4. The molecule has 32 heavy (non-hydrogen) atoms. The number of thioether (sulfide) groups is 1. The summed E-state index contributed by atoms with van der Waals surface area (Å²) >= 11 is 14.1. The quantitative estimate of drug-likeness (QED) is 0.389. The molecule has 0 saturated heterocycles. The zero-order chi connectivity index (χ0) is 22.1. The lowest BCUT2D eigenvalue weighted by Crippen LogP contribution is -2.30. The van der Waals surface area contributed by atoms with Crippen LogP contribution in [0.3, 0.4) is 0 Å². The van der Waals surface area contributed by atoms with Crippen molar-refractivity contribution in [3.8, 4) is 11.4 Å². The van der Waals surface area contributed by atoms with Crippen molar-refractivity contribution in [1.82, 2.24) is 14.8 Å². The van der Waals surface area contributed by atoms with Crippen LogP contribution in [0.5, 0.6) is 0 Å². The Kier molecular flexibility index (Phi) is 6.44. The molecule has 5 nitrogen and oxygen atoms in total. The van der Waals surface area contributed by atoms with Gasteiger partial charge in [0.2, 0.25) is 5.91 Å². The van der Waals surface area contributed by atoms with Crippen LogP contribution in [0.4, 0.5) is 5.69 Å². The molecule has 0 unspecified atom stereocenters. The summed E-state index contributed by atoms with van der Waals surface area (Å²) in [4.78, 5) is 14.9. The van der Waals surface area contributed by atoms with Crippen molar-refractivity contribution in [3.05, 3.63) is 58.1 Å². The summed E-state index contributed by atoms with van der Waals surface area (Å²) in [6.45, 7) is 0.736. The Labute approximate surface area is 202 Å². The molecule has 1 saturated carbocycles. The lowest BCUT2D eigenvalue weighted by atomic mass is 9.95. The number of halogens is 2.